The molecular weight excluding hydrogens is 1190 g/mol. The van der Waals surface area contributed by atoms with Crippen LogP contribution in [0.2, 0.25) is 0 Å². The van der Waals surface area contributed by atoms with Crippen molar-refractivity contribution in [3.05, 3.63) is 24.3 Å². The van der Waals surface area contributed by atoms with Crippen molar-refractivity contribution in [3.8, 4) is 0 Å². The molecule has 14 nitrogen and oxygen atoms in total. The van der Waals surface area contributed by atoms with Crippen LogP contribution in [0.3, 0.4) is 0 Å². The molecular formula is C81H155NO13. The van der Waals surface area contributed by atoms with Crippen LogP contribution in [0.5, 0.6) is 0 Å². The first-order valence-electron chi connectivity index (χ1n) is 41.1. The number of aliphatic hydroxyl groups excluding tert-OH is 8. The highest BCUT2D eigenvalue weighted by atomic mass is 16.7. The number of aliphatic hydroxyl groups is 8. The summed E-state index contributed by atoms with van der Waals surface area (Å²) in [7, 11) is 0. The molecule has 0 spiro atoms. The molecule has 2 rings (SSSR count). The summed E-state index contributed by atoms with van der Waals surface area (Å²) < 4.78 is 22.9. The number of carbonyl (C=O) groups excluding carboxylic acids is 1. The Hall–Kier alpha value is -1.53. The molecule has 562 valence electrons. The molecule has 0 aromatic rings. The molecule has 0 aliphatic carbocycles. The Bertz CT molecular complexity index is 1690. The van der Waals surface area contributed by atoms with Crippen LogP contribution in [0.4, 0.5) is 0 Å². The van der Waals surface area contributed by atoms with Crippen molar-refractivity contribution in [3.63, 3.8) is 0 Å². The second kappa shape index (κ2) is 65.8. The maximum atomic E-state index is 13.4. The van der Waals surface area contributed by atoms with E-state index in [9.17, 15) is 45.6 Å². The SMILES string of the molecule is CCCCCCCCCC/C=C\CCCCCCCCCCCCCCCCCCCC(=O)NC(COC1OC(CO)C(OC2OC(CO)C(O)C(O)C2O)C(O)C1O)C(O)/C=C/CCCCCCCCCCCCCCCCCCCCCCCCCCCCCCCC. The highest BCUT2D eigenvalue weighted by Crippen LogP contribution is 2.30. The van der Waals surface area contributed by atoms with Crippen molar-refractivity contribution in [2.75, 3.05) is 19.8 Å². The molecule has 2 aliphatic rings. The zero-order valence-corrected chi connectivity index (χ0v) is 61.7. The average molecular weight is 1350 g/mol. The number of rotatable bonds is 70. The van der Waals surface area contributed by atoms with E-state index < -0.39 is 86.8 Å². The molecule has 0 radical (unpaired) electrons. The minimum atomic E-state index is -1.79. The van der Waals surface area contributed by atoms with Gasteiger partial charge in [-0.3, -0.25) is 4.79 Å². The third-order valence-electron chi connectivity index (χ3n) is 20.4. The lowest BCUT2D eigenvalue weighted by atomic mass is 9.97. The van der Waals surface area contributed by atoms with Crippen LogP contribution in [0, 0.1) is 0 Å². The second-order valence-corrected chi connectivity index (χ2v) is 29.3. The van der Waals surface area contributed by atoms with Gasteiger partial charge in [0.05, 0.1) is 32.0 Å². The van der Waals surface area contributed by atoms with Crippen molar-refractivity contribution >= 4 is 5.91 Å². The largest absolute Gasteiger partial charge is 0.394 e. The normalized spacial score (nSPS) is 22.4. The fraction of sp³-hybridized carbons (Fsp3) is 0.938. The van der Waals surface area contributed by atoms with Crippen molar-refractivity contribution in [1.82, 2.24) is 5.32 Å². The van der Waals surface area contributed by atoms with Gasteiger partial charge in [0.15, 0.2) is 12.6 Å². The Morgan fingerprint density at radius 1 is 0.368 bits per heavy atom. The third-order valence-corrected chi connectivity index (χ3v) is 20.4. The minimum Gasteiger partial charge on any atom is -0.394 e. The van der Waals surface area contributed by atoms with Crippen molar-refractivity contribution < 1.29 is 64.6 Å². The highest BCUT2D eigenvalue weighted by Gasteiger charge is 2.51. The van der Waals surface area contributed by atoms with Gasteiger partial charge in [-0.15, -0.1) is 0 Å². The zero-order valence-electron chi connectivity index (χ0n) is 61.7. The molecule has 12 atom stereocenters. The second-order valence-electron chi connectivity index (χ2n) is 29.3. The predicted octanol–water partition coefficient (Wildman–Crippen LogP) is 18.6. The summed E-state index contributed by atoms with van der Waals surface area (Å²) in [5.41, 5.74) is 0. The molecule has 95 heavy (non-hydrogen) atoms. The summed E-state index contributed by atoms with van der Waals surface area (Å²) in [6.07, 6.45) is 68.4. The van der Waals surface area contributed by atoms with Crippen LogP contribution in [0.15, 0.2) is 24.3 Å². The maximum Gasteiger partial charge on any atom is 0.220 e. The summed E-state index contributed by atoms with van der Waals surface area (Å²) in [4.78, 5) is 13.4. The molecule has 0 aromatic heterocycles. The van der Waals surface area contributed by atoms with Gasteiger partial charge in [-0.1, -0.05) is 366 Å². The highest BCUT2D eigenvalue weighted by molar-refractivity contribution is 5.76. The smallest absolute Gasteiger partial charge is 0.220 e. The van der Waals surface area contributed by atoms with E-state index in [0.717, 1.165) is 38.5 Å². The Labute approximate surface area is 583 Å². The summed E-state index contributed by atoms with van der Waals surface area (Å²) in [5.74, 6) is -0.230. The number of unbranched alkanes of at least 4 members (excludes halogenated alkanes) is 55. The van der Waals surface area contributed by atoms with Gasteiger partial charge in [0.1, 0.15) is 48.8 Å². The lowest BCUT2D eigenvalue weighted by molar-refractivity contribution is -0.359. The summed E-state index contributed by atoms with van der Waals surface area (Å²) in [6, 6.07) is -0.914. The fourth-order valence-electron chi connectivity index (χ4n) is 13.9. The van der Waals surface area contributed by atoms with Crippen LogP contribution >= 0.6 is 0 Å². The molecule has 2 fully saturated rings. The Morgan fingerprint density at radius 3 is 1.00 bits per heavy atom. The van der Waals surface area contributed by atoms with Gasteiger partial charge < -0.3 is 65.1 Å². The molecule has 1 amide bonds. The van der Waals surface area contributed by atoms with Gasteiger partial charge >= 0.3 is 0 Å². The average Bonchev–Trinajstić information content (AvgIpc) is 0.801. The van der Waals surface area contributed by atoms with Crippen molar-refractivity contribution in [2.45, 2.75) is 466 Å². The van der Waals surface area contributed by atoms with E-state index in [4.69, 9.17) is 18.9 Å². The number of hydrogen-bond acceptors (Lipinski definition) is 13. The number of ether oxygens (including phenoxy) is 4. The number of hydrogen-bond donors (Lipinski definition) is 9. The molecule has 12 unspecified atom stereocenters. The van der Waals surface area contributed by atoms with Gasteiger partial charge in [-0.05, 0) is 44.9 Å². The zero-order chi connectivity index (χ0) is 68.7. The van der Waals surface area contributed by atoms with Crippen LogP contribution in [-0.4, -0.2) is 140 Å². The van der Waals surface area contributed by atoms with E-state index in [1.54, 1.807) is 6.08 Å². The van der Waals surface area contributed by atoms with E-state index in [0.29, 0.717) is 6.42 Å². The van der Waals surface area contributed by atoms with E-state index in [2.05, 4.69) is 31.3 Å². The predicted molar refractivity (Wildman–Crippen MR) is 392 cm³/mol. The Morgan fingerprint density at radius 2 is 0.663 bits per heavy atom. The molecule has 0 saturated carbocycles. The molecule has 2 heterocycles. The summed E-state index contributed by atoms with van der Waals surface area (Å²) in [6.45, 7) is 2.87. The Balaban J connectivity index is 1.61. The van der Waals surface area contributed by atoms with Gasteiger partial charge in [-0.25, -0.2) is 0 Å². The summed E-state index contributed by atoms with van der Waals surface area (Å²) >= 11 is 0. The van der Waals surface area contributed by atoms with Crippen LogP contribution in [0.1, 0.15) is 393 Å². The van der Waals surface area contributed by atoms with Crippen LogP contribution in [0.25, 0.3) is 0 Å². The maximum absolute atomic E-state index is 13.4. The van der Waals surface area contributed by atoms with E-state index in [-0.39, 0.29) is 18.9 Å². The van der Waals surface area contributed by atoms with Gasteiger partial charge in [0.25, 0.3) is 0 Å². The lowest BCUT2D eigenvalue weighted by Gasteiger charge is -2.46. The number of carbonyl (C=O) groups is 1. The Kier molecular flexibility index (Phi) is 62.0. The monoisotopic (exact) mass is 1350 g/mol. The standard InChI is InChI=1S/C81H155NO13/c1-3-5-7-9-11-13-15-17-19-21-23-25-27-29-31-33-34-35-37-38-40-42-44-46-48-50-52-54-56-58-60-62-64-70(85)69(68-92-80-78(91)76(89)79(72(67-84)94-80)95-81-77(90)75(88)74(87)71(66-83)93-81)82-73(86)65-63-61-59-57-55-53-51-49-47-45-43-41-39-36-32-30-28-26-24-22-20-18-16-14-12-10-8-6-4-2/h22,24,62,64,69-72,74-81,83-85,87-91H,3-21,23,25-61,63,65-68H2,1-2H3,(H,82,86)/b24-22-,64-62+. The molecule has 2 aliphatic heterocycles. The van der Waals surface area contributed by atoms with Crippen molar-refractivity contribution in [1.29, 1.82) is 0 Å². The number of allylic oxidation sites excluding steroid dienone is 3. The molecule has 0 aromatic carbocycles. The fourth-order valence-corrected chi connectivity index (χ4v) is 13.9. The molecule has 0 bridgehead atoms. The van der Waals surface area contributed by atoms with E-state index in [1.807, 2.05) is 6.08 Å². The minimum absolute atomic E-state index is 0.230. The lowest BCUT2D eigenvalue weighted by Crippen LogP contribution is -2.65. The van der Waals surface area contributed by atoms with E-state index in [1.165, 1.54) is 327 Å². The van der Waals surface area contributed by atoms with Gasteiger partial charge in [0.2, 0.25) is 5.91 Å². The topological polar surface area (TPSA) is 228 Å². The van der Waals surface area contributed by atoms with E-state index >= 15 is 0 Å². The van der Waals surface area contributed by atoms with Gasteiger partial charge in [-0.2, -0.15) is 0 Å². The van der Waals surface area contributed by atoms with Gasteiger partial charge in [0, 0.05) is 6.42 Å². The first-order valence-corrected chi connectivity index (χ1v) is 41.1. The van der Waals surface area contributed by atoms with Crippen LogP contribution in [-0.2, 0) is 23.7 Å². The first-order chi connectivity index (χ1) is 46.6. The van der Waals surface area contributed by atoms with Crippen LogP contribution < -0.4 is 5.32 Å². The number of amides is 1. The number of nitrogens with one attached hydrogen (secondary N) is 1. The quantitative estimate of drug-likeness (QED) is 0.0204. The third kappa shape index (κ3) is 48.9. The molecule has 14 heteroatoms. The molecule has 9 N–H and O–H groups in total. The summed E-state index contributed by atoms with van der Waals surface area (Å²) in [5, 5.41) is 87.7. The van der Waals surface area contributed by atoms with Crippen molar-refractivity contribution in [2.24, 2.45) is 0 Å². The first kappa shape index (κ1) is 89.6. The molecule has 2 saturated heterocycles.